The maximum absolute atomic E-state index is 13.1. The molecular formula is C21H21ClFN5O3S. The van der Waals surface area contributed by atoms with Crippen LogP contribution in [0.25, 0.3) is 0 Å². The number of methoxy groups -OCH3 is 1. The minimum atomic E-state index is -3.96. The zero-order valence-corrected chi connectivity index (χ0v) is 18.8. The van der Waals surface area contributed by atoms with Crippen molar-refractivity contribution in [1.82, 2.24) is 9.97 Å². The number of nitrogens with two attached hydrogens (primary N) is 1. The summed E-state index contributed by atoms with van der Waals surface area (Å²) in [6, 6.07) is 10.5. The number of hydrogen-bond donors (Lipinski definition) is 1. The lowest BCUT2D eigenvalue weighted by Crippen LogP contribution is -2.47. The second kappa shape index (κ2) is 8.79. The van der Waals surface area contributed by atoms with E-state index in [9.17, 15) is 12.8 Å². The third kappa shape index (κ3) is 4.28. The maximum atomic E-state index is 13.1. The highest BCUT2D eigenvalue weighted by Crippen LogP contribution is 2.31. The Morgan fingerprint density at radius 3 is 2.31 bits per heavy atom. The average Bonchev–Trinajstić information content (AvgIpc) is 2.79. The maximum Gasteiger partial charge on any atom is 0.227 e. The molecule has 3 aromatic rings. The third-order valence-corrected chi connectivity index (χ3v) is 7.31. The molecule has 0 unspecified atom stereocenters. The Labute approximate surface area is 190 Å². The first-order chi connectivity index (χ1) is 15.3. The molecule has 4 rings (SSSR count). The van der Waals surface area contributed by atoms with Gasteiger partial charge >= 0.3 is 0 Å². The van der Waals surface area contributed by atoms with Gasteiger partial charge in [-0.2, -0.15) is 4.98 Å². The molecule has 2 aromatic carbocycles. The summed E-state index contributed by atoms with van der Waals surface area (Å²) >= 11 is 6.07. The Hall–Kier alpha value is -3.11. The topological polar surface area (TPSA) is 102 Å². The van der Waals surface area contributed by atoms with Crippen LogP contribution in [-0.4, -0.2) is 51.7 Å². The number of sulfone groups is 1. The van der Waals surface area contributed by atoms with Crippen molar-refractivity contribution in [2.24, 2.45) is 0 Å². The highest BCUT2D eigenvalue weighted by molar-refractivity contribution is 7.91. The van der Waals surface area contributed by atoms with Crippen LogP contribution in [0.4, 0.5) is 21.8 Å². The van der Waals surface area contributed by atoms with Crippen LogP contribution in [0.2, 0.25) is 5.02 Å². The summed E-state index contributed by atoms with van der Waals surface area (Å²) in [6.45, 7) is 2.58. The number of aromatic nitrogens is 2. The second-order valence-corrected chi connectivity index (χ2v) is 9.50. The molecule has 1 fully saturated rings. The normalized spacial score (nSPS) is 14.5. The quantitative estimate of drug-likeness (QED) is 0.598. The highest BCUT2D eigenvalue weighted by atomic mass is 35.5. The van der Waals surface area contributed by atoms with Crippen molar-refractivity contribution >= 4 is 38.9 Å². The fourth-order valence-electron chi connectivity index (χ4n) is 3.49. The van der Waals surface area contributed by atoms with E-state index in [1.54, 1.807) is 12.1 Å². The first kappa shape index (κ1) is 22.1. The molecule has 0 radical (unpaired) electrons. The molecule has 0 atom stereocenters. The summed E-state index contributed by atoms with van der Waals surface area (Å²) in [5, 5.41) is 0.170. The Balaban J connectivity index is 1.51. The monoisotopic (exact) mass is 477 g/mol. The number of benzene rings is 2. The number of nitrogen functional groups attached to an aromatic ring is 1. The van der Waals surface area contributed by atoms with E-state index in [-0.39, 0.29) is 26.4 Å². The van der Waals surface area contributed by atoms with Crippen molar-refractivity contribution < 1.29 is 17.5 Å². The largest absolute Gasteiger partial charge is 0.495 e. The van der Waals surface area contributed by atoms with Crippen molar-refractivity contribution in [1.29, 1.82) is 0 Å². The molecule has 1 saturated heterocycles. The van der Waals surface area contributed by atoms with Crippen LogP contribution >= 0.6 is 11.6 Å². The van der Waals surface area contributed by atoms with Gasteiger partial charge in [-0.1, -0.05) is 11.6 Å². The summed E-state index contributed by atoms with van der Waals surface area (Å²) in [4.78, 5) is 12.3. The first-order valence-corrected chi connectivity index (χ1v) is 11.6. The summed E-state index contributed by atoms with van der Waals surface area (Å²) < 4.78 is 44.2. The molecule has 2 heterocycles. The minimum Gasteiger partial charge on any atom is -0.495 e. The predicted octanol–water partition coefficient (Wildman–Crippen LogP) is 3.02. The van der Waals surface area contributed by atoms with Crippen LogP contribution in [0.5, 0.6) is 5.75 Å². The Kier molecular flexibility index (Phi) is 6.07. The molecule has 0 saturated carbocycles. The van der Waals surface area contributed by atoms with Crippen LogP contribution in [0, 0.1) is 5.82 Å². The zero-order chi connectivity index (χ0) is 22.9. The predicted molar refractivity (Wildman–Crippen MR) is 121 cm³/mol. The van der Waals surface area contributed by atoms with E-state index in [1.165, 1.54) is 43.6 Å². The fourth-order valence-corrected chi connectivity index (χ4v) is 5.10. The van der Waals surface area contributed by atoms with Crippen molar-refractivity contribution in [3.8, 4) is 5.75 Å². The van der Waals surface area contributed by atoms with Gasteiger partial charge in [0, 0.05) is 31.9 Å². The van der Waals surface area contributed by atoms with E-state index in [4.69, 9.17) is 22.1 Å². The Morgan fingerprint density at radius 1 is 1.06 bits per heavy atom. The fraction of sp³-hybridized carbons (Fsp3) is 0.238. The molecule has 0 amide bonds. The Bertz CT molecular complexity index is 1230. The van der Waals surface area contributed by atoms with Crippen molar-refractivity contribution in [2.45, 2.75) is 9.79 Å². The summed E-state index contributed by atoms with van der Waals surface area (Å²) in [5.41, 5.74) is 6.95. The lowest BCUT2D eigenvalue weighted by atomic mass is 10.2. The van der Waals surface area contributed by atoms with Gasteiger partial charge in [0.25, 0.3) is 0 Å². The van der Waals surface area contributed by atoms with Gasteiger partial charge in [-0.05, 0) is 42.5 Å². The highest BCUT2D eigenvalue weighted by Gasteiger charge is 2.26. The number of hydrogen-bond acceptors (Lipinski definition) is 8. The molecule has 168 valence electrons. The van der Waals surface area contributed by atoms with Crippen molar-refractivity contribution in [2.75, 3.05) is 48.8 Å². The van der Waals surface area contributed by atoms with E-state index < -0.39 is 9.84 Å². The molecule has 1 aliphatic heterocycles. The molecule has 1 aliphatic rings. The van der Waals surface area contributed by atoms with E-state index in [2.05, 4.69) is 14.9 Å². The SMILES string of the molecule is COc1ccc(S(=O)(=O)c2cnc(N3CCN(c4ccc(F)cc4)CC3)nc2N)cc1Cl. The van der Waals surface area contributed by atoms with Gasteiger partial charge < -0.3 is 20.3 Å². The summed E-state index contributed by atoms with van der Waals surface area (Å²) in [6.07, 6.45) is 1.22. The van der Waals surface area contributed by atoms with Crippen LogP contribution < -0.4 is 20.3 Å². The lowest BCUT2D eigenvalue weighted by Gasteiger charge is -2.36. The number of halogens is 2. The van der Waals surface area contributed by atoms with Crippen LogP contribution in [0.3, 0.4) is 0 Å². The van der Waals surface area contributed by atoms with Gasteiger partial charge in [0.15, 0.2) is 0 Å². The molecule has 2 N–H and O–H groups in total. The van der Waals surface area contributed by atoms with Crippen LogP contribution in [-0.2, 0) is 9.84 Å². The van der Waals surface area contributed by atoms with E-state index >= 15 is 0 Å². The standard InChI is InChI=1S/C21H21ClFN5O3S/c1-31-18-7-6-16(12-17(18)22)32(29,30)19-13-25-21(26-20(19)24)28-10-8-27(9-11-28)15-4-2-14(23)3-5-15/h2-7,12-13H,8-11H2,1H3,(H2,24,25,26). The number of ether oxygens (including phenoxy) is 1. The van der Waals surface area contributed by atoms with Crippen molar-refractivity contribution in [3.05, 3.63) is 59.5 Å². The first-order valence-electron chi connectivity index (χ1n) is 9.76. The minimum absolute atomic E-state index is 0.0285. The summed E-state index contributed by atoms with van der Waals surface area (Å²) in [7, 11) is -2.52. The molecule has 8 nitrogen and oxygen atoms in total. The van der Waals surface area contributed by atoms with Crippen LogP contribution in [0.15, 0.2) is 58.5 Å². The van der Waals surface area contributed by atoms with Gasteiger partial charge in [0.2, 0.25) is 15.8 Å². The summed E-state index contributed by atoms with van der Waals surface area (Å²) in [5.74, 6) is 0.309. The van der Waals surface area contributed by atoms with E-state index in [0.717, 1.165) is 5.69 Å². The lowest BCUT2D eigenvalue weighted by molar-refractivity contribution is 0.414. The average molecular weight is 478 g/mol. The molecule has 1 aromatic heterocycles. The number of anilines is 3. The van der Waals surface area contributed by atoms with E-state index in [0.29, 0.717) is 37.9 Å². The number of piperazine rings is 1. The zero-order valence-electron chi connectivity index (χ0n) is 17.2. The smallest absolute Gasteiger partial charge is 0.227 e. The molecule has 32 heavy (non-hydrogen) atoms. The second-order valence-electron chi connectivity index (χ2n) is 7.17. The Morgan fingerprint density at radius 2 is 1.72 bits per heavy atom. The van der Waals surface area contributed by atoms with Crippen LogP contribution in [0.1, 0.15) is 0 Å². The molecular weight excluding hydrogens is 457 g/mol. The van der Waals surface area contributed by atoms with Gasteiger partial charge in [0.05, 0.1) is 23.2 Å². The van der Waals surface area contributed by atoms with Gasteiger partial charge in [-0.15, -0.1) is 0 Å². The van der Waals surface area contributed by atoms with Crippen molar-refractivity contribution in [3.63, 3.8) is 0 Å². The van der Waals surface area contributed by atoms with Gasteiger partial charge in [0.1, 0.15) is 22.3 Å². The number of rotatable bonds is 5. The molecule has 0 bridgehead atoms. The van der Waals surface area contributed by atoms with E-state index in [1.807, 2.05) is 4.90 Å². The van der Waals surface area contributed by atoms with Gasteiger partial charge in [-0.3, -0.25) is 0 Å². The molecule has 0 spiro atoms. The third-order valence-electron chi connectivity index (χ3n) is 5.25. The molecule has 0 aliphatic carbocycles. The number of nitrogens with zero attached hydrogens (tertiary/aromatic N) is 4. The molecule has 11 heteroatoms. The van der Waals surface area contributed by atoms with Gasteiger partial charge in [-0.25, -0.2) is 17.8 Å².